The van der Waals surface area contributed by atoms with Gasteiger partial charge >= 0.3 is 0 Å². The predicted octanol–water partition coefficient (Wildman–Crippen LogP) is 16.6. The number of para-hydroxylation sites is 2. The van der Waals surface area contributed by atoms with Crippen LogP contribution in [0.5, 0.6) is 0 Å². The zero-order valence-corrected chi connectivity index (χ0v) is 34.5. The number of anilines is 3. The fraction of sp³-hybridized carbons (Fsp3) is 0. The summed E-state index contributed by atoms with van der Waals surface area (Å²) < 4.78 is 2.38. The van der Waals surface area contributed by atoms with E-state index in [1.807, 2.05) is 0 Å². The van der Waals surface area contributed by atoms with Crippen LogP contribution >= 0.6 is 0 Å². The van der Waals surface area contributed by atoms with Crippen LogP contribution in [-0.4, -0.2) is 9.55 Å². The lowest BCUT2D eigenvalue weighted by Crippen LogP contribution is -2.09. The standard InChI is InChI=1S/C60H41N3/c1-4-14-41(15-5-1)43-26-33-48(34-27-43)62(49-35-28-44(29-36-49)42-16-6-2-7-17-42)50-37-30-45(31-38-50)51-21-12-23-55-59(51)60-52(22-13-24-56(60)61-55)46-32-39-58-54(40-46)53-20-10-11-25-57(53)63(58)47-18-8-3-9-19-47/h1-40,61H. The first-order chi connectivity index (χ1) is 31.2. The Kier molecular flexibility index (Phi) is 8.83. The van der Waals surface area contributed by atoms with E-state index < -0.39 is 0 Å². The topological polar surface area (TPSA) is 24.0 Å². The third kappa shape index (κ3) is 6.38. The van der Waals surface area contributed by atoms with Crippen LogP contribution in [0.3, 0.4) is 0 Å². The number of aromatic amines is 1. The summed E-state index contributed by atoms with van der Waals surface area (Å²) >= 11 is 0. The molecular formula is C60H41N3. The molecule has 0 saturated carbocycles. The molecule has 12 aromatic rings. The van der Waals surface area contributed by atoms with Gasteiger partial charge in [0.1, 0.15) is 0 Å². The van der Waals surface area contributed by atoms with E-state index in [-0.39, 0.29) is 0 Å². The highest BCUT2D eigenvalue weighted by Crippen LogP contribution is 2.43. The lowest BCUT2D eigenvalue weighted by molar-refractivity contribution is 1.18. The maximum Gasteiger partial charge on any atom is 0.0541 e. The van der Waals surface area contributed by atoms with E-state index >= 15 is 0 Å². The van der Waals surface area contributed by atoms with Gasteiger partial charge in [-0.1, -0.05) is 164 Å². The Morgan fingerprint density at radius 3 is 1.29 bits per heavy atom. The Labute approximate surface area is 366 Å². The summed E-state index contributed by atoms with van der Waals surface area (Å²) in [6, 6.07) is 87.7. The van der Waals surface area contributed by atoms with E-state index in [0.29, 0.717) is 0 Å². The number of nitrogens with one attached hydrogen (secondary N) is 1. The summed E-state index contributed by atoms with van der Waals surface area (Å²) in [5, 5.41) is 4.96. The molecule has 0 spiro atoms. The largest absolute Gasteiger partial charge is 0.354 e. The van der Waals surface area contributed by atoms with Crippen molar-refractivity contribution in [3.8, 4) is 50.2 Å². The second-order valence-corrected chi connectivity index (χ2v) is 16.2. The van der Waals surface area contributed by atoms with Gasteiger partial charge in [-0.05, 0) is 123 Å². The average molecular weight is 804 g/mol. The molecule has 0 amide bonds. The molecule has 0 bridgehead atoms. The molecule has 2 heterocycles. The summed E-state index contributed by atoms with van der Waals surface area (Å²) in [6.45, 7) is 0. The van der Waals surface area contributed by atoms with E-state index in [0.717, 1.165) is 33.8 Å². The first-order valence-electron chi connectivity index (χ1n) is 21.6. The molecule has 63 heavy (non-hydrogen) atoms. The average Bonchev–Trinajstić information content (AvgIpc) is 3.92. The summed E-state index contributed by atoms with van der Waals surface area (Å²) in [5.41, 5.74) is 18.7. The van der Waals surface area contributed by atoms with Gasteiger partial charge in [-0.15, -0.1) is 0 Å². The predicted molar refractivity (Wildman–Crippen MR) is 267 cm³/mol. The minimum atomic E-state index is 1.09. The van der Waals surface area contributed by atoms with Crippen molar-refractivity contribution in [2.75, 3.05) is 4.90 Å². The summed E-state index contributed by atoms with van der Waals surface area (Å²) in [7, 11) is 0. The Hall–Kier alpha value is -8.40. The Bertz CT molecular complexity index is 3480. The van der Waals surface area contributed by atoms with Gasteiger partial charge in [-0.2, -0.15) is 0 Å². The van der Waals surface area contributed by atoms with E-state index in [4.69, 9.17) is 0 Å². The van der Waals surface area contributed by atoms with Crippen LogP contribution in [0, 0.1) is 0 Å². The third-order valence-corrected chi connectivity index (χ3v) is 12.5. The monoisotopic (exact) mass is 803 g/mol. The molecule has 10 aromatic carbocycles. The molecule has 0 fully saturated rings. The molecule has 0 atom stereocenters. The molecule has 0 unspecified atom stereocenters. The van der Waals surface area contributed by atoms with E-state index in [1.165, 1.54) is 77.1 Å². The second kappa shape index (κ2) is 15.3. The van der Waals surface area contributed by atoms with Crippen LogP contribution in [0.1, 0.15) is 0 Å². The number of fused-ring (bicyclic) bond motifs is 6. The molecule has 12 rings (SSSR count). The molecule has 0 saturated heterocycles. The van der Waals surface area contributed by atoms with Crippen LogP contribution in [0.4, 0.5) is 17.1 Å². The van der Waals surface area contributed by atoms with Crippen molar-refractivity contribution < 1.29 is 0 Å². The normalized spacial score (nSPS) is 11.5. The zero-order chi connectivity index (χ0) is 41.7. The maximum atomic E-state index is 3.78. The van der Waals surface area contributed by atoms with E-state index in [9.17, 15) is 0 Å². The lowest BCUT2D eigenvalue weighted by Gasteiger charge is -2.26. The first kappa shape index (κ1) is 36.5. The molecule has 3 heteroatoms. The number of benzene rings is 10. The van der Waals surface area contributed by atoms with E-state index in [1.54, 1.807) is 0 Å². The van der Waals surface area contributed by atoms with Crippen molar-refractivity contribution in [1.82, 2.24) is 9.55 Å². The van der Waals surface area contributed by atoms with Gasteiger partial charge in [0.15, 0.2) is 0 Å². The molecule has 2 aromatic heterocycles. The molecule has 0 aliphatic carbocycles. The molecule has 0 aliphatic heterocycles. The number of H-pyrrole nitrogens is 1. The van der Waals surface area contributed by atoms with Gasteiger partial charge in [0.05, 0.1) is 11.0 Å². The maximum absolute atomic E-state index is 3.78. The van der Waals surface area contributed by atoms with Crippen molar-refractivity contribution in [3.05, 3.63) is 243 Å². The molecular weight excluding hydrogens is 763 g/mol. The van der Waals surface area contributed by atoms with Crippen LogP contribution in [0.2, 0.25) is 0 Å². The lowest BCUT2D eigenvalue weighted by atomic mass is 9.94. The van der Waals surface area contributed by atoms with Crippen molar-refractivity contribution in [2.24, 2.45) is 0 Å². The Balaban J connectivity index is 0.962. The van der Waals surface area contributed by atoms with Crippen LogP contribution in [0.25, 0.3) is 93.8 Å². The molecule has 3 nitrogen and oxygen atoms in total. The van der Waals surface area contributed by atoms with Gasteiger partial charge in [0.25, 0.3) is 0 Å². The molecule has 296 valence electrons. The number of nitrogens with zero attached hydrogens (tertiary/aromatic N) is 2. The van der Waals surface area contributed by atoms with Gasteiger partial charge in [-0.25, -0.2) is 0 Å². The molecule has 0 aliphatic rings. The minimum absolute atomic E-state index is 1.09. The van der Waals surface area contributed by atoms with Gasteiger partial charge in [0, 0.05) is 55.3 Å². The Morgan fingerprint density at radius 2 is 0.730 bits per heavy atom. The number of hydrogen-bond acceptors (Lipinski definition) is 1. The van der Waals surface area contributed by atoms with Gasteiger partial charge in [-0.3, -0.25) is 0 Å². The van der Waals surface area contributed by atoms with Gasteiger partial charge < -0.3 is 14.5 Å². The summed E-state index contributed by atoms with van der Waals surface area (Å²) in [5.74, 6) is 0. The van der Waals surface area contributed by atoms with Crippen LogP contribution < -0.4 is 4.90 Å². The van der Waals surface area contributed by atoms with Crippen molar-refractivity contribution >= 4 is 60.7 Å². The quantitative estimate of drug-likeness (QED) is 0.163. The Morgan fingerprint density at radius 1 is 0.302 bits per heavy atom. The summed E-state index contributed by atoms with van der Waals surface area (Å²) in [6.07, 6.45) is 0. The highest BCUT2D eigenvalue weighted by Gasteiger charge is 2.19. The minimum Gasteiger partial charge on any atom is -0.354 e. The number of aromatic nitrogens is 2. The summed E-state index contributed by atoms with van der Waals surface area (Å²) in [4.78, 5) is 6.13. The first-order valence-corrected chi connectivity index (χ1v) is 21.6. The van der Waals surface area contributed by atoms with Crippen molar-refractivity contribution in [2.45, 2.75) is 0 Å². The fourth-order valence-electron chi connectivity index (χ4n) is 9.58. The zero-order valence-electron chi connectivity index (χ0n) is 34.5. The second-order valence-electron chi connectivity index (χ2n) is 16.2. The van der Waals surface area contributed by atoms with Crippen molar-refractivity contribution in [3.63, 3.8) is 0 Å². The van der Waals surface area contributed by atoms with Crippen LogP contribution in [-0.2, 0) is 0 Å². The molecule has 0 radical (unpaired) electrons. The fourth-order valence-corrected chi connectivity index (χ4v) is 9.58. The van der Waals surface area contributed by atoms with Crippen molar-refractivity contribution in [1.29, 1.82) is 0 Å². The van der Waals surface area contributed by atoms with E-state index in [2.05, 4.69) is 257 Å². The number of hydrogen-bond donors (Lipinski definition) is 1. The smallest absolute Gasteiger partial charge is 0.0541 e. The highest BCUT2D eigenvalue weighted by molar-refractivity contribution is 6.20. The van der Waals surface area contributed by atoms with Gasteiger partial charge in [0.2, 0.25) is 0 Å². The molecule has 1 N–H and O–H groups in total. The third-order valence-electron chi connectivity index (χ3n) is 12.5. The van der Waals surface area contributed by atoms with Crippen LogP contribution in [0.15, 0.2) is 243 Å². The SMILES string of the molecule is c1ccc(-c2ccc(N(c3ccc(-c4ccccc4)cc3)c3ccc(-c4cccc5[nH]c6cccc(-c7ccc8c(c7)c7ccccc7n8-c7ccccc7)c6c45)cc3)cc2)cc1. The number of rotatable bonds is 8. The highest BCUT2D eigenvalue weighted by atomic mass is 15.1.